The summed E-state index contributed by atoms with van der Waals surface area (Å²) in [7, 11) is 0. The average Bonchev–Trinajstić information content (AvgIpc) is 2.57. The summed E-state index contributed by atoms with van der Waals surface area (Å²) in [6.07, 6.45) is 4.13. The van der Waals surface area contributed by atoms with Gasteiger partial charge in [0, 0.05) is 16.2 Å². The van der Waals surface area contributed by atoms with E-state index >= 15 is 0 Å². The quantitative estimate of drug-likeness (QED) is 0.939. The van der Waals surface area contributed by atoms with Gasteiger partial charge < -0.3 is 5.32 Å². The third-order valence-electron chi connectivity index (χ3n) is 2.62. The summed E-state index contributed by atoms with van der Waals surface area (Å²) in [6, 6.07) is 3.90. The van der Waals surface area contributed by atoms with Gasteiger partial charge in [-0.2, -0.15) is 4.98 Å². The fourth-order valence-electron chi connectivity index (χ4n) is 1.90. The van der Waals surface area contributed by atoms with Crippen LogP contribution in [0.1, 0.15) is 33.6 Å². The van der Waals surface area contributed by atoms with Crippen LogP contribution in [-0.4, -0.2) is 20.1 Å². The Morgan fingerprint density at radius 1 is 1.41 bits per heavy atom. The molecule has 0 aliphatic heterocycles. The van der Waals surface area contributed by atoms with Crippen molar-refractivity contribution in [3.8, 4) is 0 Å². The molecule has 0 saturated carbocycles. The second-order valence-electron chi connectivity index (χ2n) is 4.84. The van der Waals surface area contributed by atoms with Crippen molar-refractivity contribution in [1.82, 2.24) is 14.6 Å². The molecule has 0 atom stereocenters. The van der Waals surface area contributed by atoms with Gasteiger partial charge in [0.25, 0.3) is 0 Å². The molecule has 4 nitrogen and oxygen atoms in total. The number of hydrogen-bond acceptors (Lipinski definition) is 3. The Balaban J connectivity index is 2.25. The number of fused-ring (bicyclic) bond motifs is 1. The van der Waals surface area contributed by atoms with Crippen molar-refractivity contribution < 1.29 is 0 Å². The van der Waals surface area contributed by atoms with Gasteiger partial charge in [0.2, 0.25) is 5.95 Å². The van der Waals surface area contributed by atoms with Gasteiger partial charge in [-0.15, -0.1) is 5.10 Å². The lowest BCUT2D eigenvalue weighted by atomic mass is 9.99. The van der Waals surface area contributed by atoms with Crippen LogP contribution in [0.3, 0.4) is 0 Å². The Bertz CT molecular complexity index is 518. The molecule has 0 bridgehead atoms. The molecule has 0 unspecified atom stereocenters. The number of nitrogens with zero attached hydrogens (tertiary/aromatic N) is 3. The van der Waals surface area contributed by atoms with Gasteiger partial charge in [0.1, 0.15) is 0 Å². The molecular formula is C12H17BrN4. The highest BCUT2D eigenvalue weighted by Crippen LogP contribution is 2.18. The molecule has 2 heterocycles. The van der Waals surface area contributed by atoms with E-state index < -0.39 is 0 Å². The largest absolute Gasteiger partial charge is 0.348 e. The minimum Gasteiger partial charge on any atom is -0.348 e. The lowest BCUT2D eigenvalue weighted by Gasteiger charge is -2.24. The first kappa shape index (κ1) is 12.4. The molecule has 0 fully saturated rings. The molecule has 1 N–H and O–H groups in total. The Labute approximate surface area is 110 Å². The van der Waals surface area contributed by atoms with Gasteiger partial charge in [-0.3, -0.25) is 0 Å². The molecule has 0 spiro atoms. The Morgan fingerprint density at radius 3 is 2.88 bits per heavy atom. The summed E-state index contributed by atoms with van der Waals surface area (Å²) < 4.78 is 2.77. The second-order valence-corrected chi connectivity index (χ2v) is 5.76. The predicted molar refractivity (Wildman–Crippen MR) is 73.3 cm³/mol. The van der Waals surface area contributed by atoms with Crippen LogP contribution in [0.4, 0.5) is 5.95 Å². The first-order valence-electron chi connectivity index (χ1n) is 5.80. The van der Waals surface area contributed by atoms with E-state index in [2.05, 4.69) is 52.1 Å². The highest BCUT2D eigenvalue weighted by atomic mass is 79.9. The highest BCUT2D eigenvalue weighted by Gasteiger charge is 2.18. The van der Waals surface area contributed by atoms with Gasteiger partial charge in [-0.1, -0.05) is 13.3 Å². The maximum absolute atomic E-state index is 4.44. The van der Waals surface area contributed by atoms with Crippen LogP contribution in [0.15, 0.2) is 22.8 Å². The molecule has 0 saturated heterocycles. The molecule has 0 amide bonds. The highest BCUT2D eigenvalue weighted by molar-refractivity contribution is 9.10. The monoisotopic (exact) mass is 296 g/mol. The molecule has 92 valence electrons. The van der Waals surface area contributed by atoms with E-state index in [1.807, 2.05) is 18.3 Å². The third kappa shape index (κ3) is 2.97. The van der Waals surface area contributed by atoms with E-state index in [1.165, 1.54) is 0 Å². The standard InChI is InChI=1S/C12H17BrN4/c1-4-7-12(2,3)15-11-14-10-6-5-9(13)8-17(10)16-11/h5-6,8H,4,7H2,1-3H3,(H,15,16). The Kier molecular flexibility index (Phi) is 3.38. The first-order valence-corrected chi connectivity index (χ1v) is 6.59. The minimum absolute atomic E-state index is 0.0247. The SMILES string of the molecule is CCCC(C)(C)Nc1nc2ccc(Br)cn2n1. The molecule has 17 heavy (non-hydrogen) atoms. The maximum Gasteiger partial charge on any atom is 0.243 e. The first-order chi connectivity index (χ1) is 8.00. The van der Waals surface area contributed by atoms with Gasteiger partial charge in [0.05, 0.1) is 0 Å². The minimum atomic E-state index is 0.0247. The molecule has 0 radical (unpaired) electrons. The molecule has 0 aliphatic carbocycles. The smallest absolute Gasteiger partial charge is 0.243 e. The molecule has 2 rings (SSSR count). The van der Waals surface area contributed by atoms with Gasteiger partial charge >= 0.3 is 0 Å². The third-order valence-corrected chi connectivity index (χ3v) is 3.09. The Hall–Kier alpha value is -1.10. The van der Waals surface area contributed by atoms with Gasteiger partial charge in [-0.05, 0) is 48.3 Å². The van der Waals surface area contributed by atoms with E-state index in [-0.39, 0.29) is 5.54 Å². The summed E-state index contributed by atoms with van der Waals surface area (Å²) in [5.74, 6) is 0.682. The predicted octanol–water partition coefficient (Wildman–Crippen LogP) is 3.48. The van der Waals surface area contributed by atoms with Crippen LogP contribution in [0.5, 0.6) is 0 Å². The van der Waals surface area contributed by atoms with Crippen LogP contribution in [0.25, 0.3) is 5.65 Å². The zero-order valence-electron chi connectivity index (χ0n) is 10.4. The topological polar surface area (TPSA) is 42.2 Å². The zero-order chi connectivity index (χ0) is 12.5. The normalized spacial score (nSPS) is 12.0. The van der Waals surface area contributed by atoms with Crippen LogP contribution in [0.2, 0.25) is 0 Å². The van der Waals surface area contributed by atoms with Crippen molar-refractivity contribution in [1.29, 1.82) is 0 Å². The van der Waals surface area contributed by atoms with Crippen LogP contribution in [0, 0.1) is 0 Å². The molecular weight excluding hydrogens is 280 g/mol. The Morgan fingerprint density at radius 2 is 2.18 bits per heavy atom. The number of rotatable bonds is 4. The summed E-state index contributed by atoms with van der Waals surface area (Å²) in [5.41, 5.74) is 0.875. The average molecular weight is 297 g/mol. The number of aromatic nitrogens is 3. The van der Waals surface area contributed by atoms with Crippen molar-refractivity contribution >= 4 is 27.5 Å². The summed E-state index contributed by atoms with van der Waals surface area (Å²) in [6.45, 7) is 6.51. The fraction of sp³-hybridized carbons (Fsp3) is 0.500. The van der Waals surface area contributed by atoms with Crippen LogP contribution < -0.4 is 5.32 Å². The number of anilines is 1. The van der Waals surface area contributed by atoms with Crippen molar-refractivity contribution in [2.45, 2.75) is 39.2 Å². The molecule has 0 aliphatic rings. The van der Waals surface area contributed by atoms with Crippen LogP contribution in [-0.2, 0) is 0 Å². The van der Waals surface area contributed by atoms with Crippen LogP contribution >= 0.6 is 15.9 Å². The second kappa shape index (κ2) is 4.64. The van der Waals surface area contributed by atoms with E-state index in [4.69, 9.17) is 0 Å². The summed E-state index contributed by atoms with van der Waals surface area (Å²) in [5, 5.41) is 7.78. The van der Waals surface area contributed by atoms with Crippen molar-refractivity contribution in [2.24, 2.45) is 0 Å². The van der Waals surface area contributed by atoms with Crippen molar-refractivity contribution in [3.63, 3.8) is 0 Å². The van der Waals surface area contributed by atoms with Crippen molar-refractivity contribution in [3.05, 3.63) is 22.8 Å². The lowest BCUT2D eigenvalue weighted by Crippen LogP contribution is -2.31. The number of halogens is 1. The number of nitrogens with one attached hydrogen (secondary N) is 1. The molecule has 0 aromatic carbocycles. The lowest BCUT2D eigenvalue weighted by molar-refractivity contribution is 0.507. The molecule has 2 aromatic heterocycles. The van der Waals surface area contributed by atoms with Gasteiger partial charge in [-0.25, -0.2) is 4.52 Å². The van der Waals surface area contributed by atoms with E-state index in [1.54, 1.807) is 4.52 Å². The molecule has 5 heteroatoms. The fourth-order valence-corrected chi connectivity index (χ4v) is 2.23. The number of pyridine rings is 1. The van der Waals surface area contributed by atoms with Gasteiger partial charge in [0.15, 0.2) is 5.65 Å². The summed E-state index contributed by atoms with van der Waals surface area (Å²) in [4.78, 5) is 4.44. The van der Waals surface area contributed by atoms with E-state index in [9.17, 15) is 0 Å². The number of hydrogen-bond donors (Lipinski definition) is 1. The summed E-state index contributed by atoms with van der Waals surface area (Å²) >= 11 is 3.42. The maximum atomic E-state index is 4.44. The van der Waals surface area contributed by atoms with Crippen molar-refractivity contribution in [2.75, 3.05) is 5.32 Å². The van der Waals surface area contributed by atoms with E-state index in [0.717, 1.165) is 23.0 Å². The zero-order valence-corrected chi connectivity index (χ0v) is 12.0. The van der Waals surface area contributed by atoms with E-state index in [0.29, 0.717) is 5.95 Å². The molecule has 2 aromatic rings.